The first-order valence-corrected chi connectivity index (χ1v) is 10.2. The molecular formula is C22H25N5O7. The quantitative estimate of drug-likeness (QED) is 0.224. The molecule has 12 heteroatoms. The molecule has 0 spiro atoms. The number of nitro groups is 1. The van der Waals surface area contributed by atoms with Gasteiger partial charge in [-0.25, -0.2) is 0 Å². The van der Waals surface area contributed by atoms with Crippen molar-refractivity contribution < 1.29 is 28.8 Å². The van der Waals surface area contributed by atoms with Gasteiger partial charge in [0.15, 0.2) is 0 Å². The number of nitrogens with zero attached hydrogens (tertiary/aromatic N) is 4. The Morgan fingerprint density at radius 3 is 2.06 bits per heavy atom. The van der Waals surface area contributed by atoms with Crippen LogP contribution in [0.5, 0.6) is 0 Å². The van der Waals surface area contributed by atoms with Crippen LogP contribution in [0.25, 0.3) is 0 Å². The largest absolute Gasteiger partial charge is 0.469 e. The van der Waals surface area contributed by atoms with Crippen LogP contribution in [-0.2, 0) is 23.9 Å². The van der Waals surface area contributed by atoms with Crippen LogP contribution in [0.2, 0.25) is 0 Å². The maximum Gasteiger partial charge on any atom is 0.307 e. The lowest BCUT2D eigenvalue weighted by molar-refractivity contribution is -0.384. The number of azo groups is 1. The van der Waals surface area contributed by atoms with E-state index in [0.29, 0.717) is 22.7 Å². The molecule has 0 aromatic heterocycles. The molecule has 2 rings (SSSR count). The molecule has 12 nitrogen and oxygen atoms in total. The molecule has 0 heterocycles. The summed E-state index contributed by atoms with van der Waals surface area (Å²) in [5.41, 5.74) is 1.66. The number of non-ortho nitro benzene ring substituents is 1. The number of amides is 1. The Balaban J connectivity index is 2.32. The molecule has 0 atom stereocenters. The number of esters is 2. The van der Waals surface area contributed by atoms with E-state index >= 15 is 0 Å². The number of nitrogens with one attached hydrogen (secondary N) is 1. The summed E-state index contributed by atoms with van der Waals surface area (Å²) in [6.45, 7) is 1.88. The van der Waals surface area contributed by atoms with Gasteiger partial charge < -0.3 is 19.7 Å². The lowest BCUT2D eigenvalue weighted by Gasteiger charge is -2.25. The molecule has 0 fully saturated rings. The molecule has 0 aliphatic carbocycles. The van der Waals surface area contributed by atoms with Gasteiger partial charge in [-0.15, -0.1) is 5.11 Å². The number of nitro benzene ring substituents is 1. The van der Waals surface area contributed by atoms with Crippen LogP contribution in [0.1, 0.15) is 19.8 Å². The van der Waals surface area contributed by atoms with Gasteiger partial charge in [-0.05, 0) is 30.3 Å². The van der Waals surface area contributed by atoms with Gasteiger partial charge in [0, 0.05) is 37.8 Å². The highest BCUT2D eigenvalue weighted by atomic mass is 16.6. The van der Waals surface area contributed by atoms with Gasteiger partial charge in [-0.1, -0.05) is 0 Å². The van der Waals surface area contributed by atoms with Gasteiger partial charge in [0.1, 0.15) is 5.69 Å². The Kier molecular flexibility index (Phi) is 9.62. The van der Waals surface area contributed by atoms with Crippen LogP contribution in [-0.4, -0.2) is 50.1 Å². The summed E-state index contributed by atoms with van der Waals surface area (Å²) in [6, 6.07) is 10.5. The predicted octanol–water partition coefficient (Wildman–Crippen LogP) is 3.90. The number of ether oxygens (including phenoxy) is 2. The summed E-state index contributed by atoms with van der Waals surface area (Å²) >= 11 is 0. The second kappa shape index (κ2) is 12.6. The van der Waals surface area contributed by atoms with Crippen LogP contribution in [0.4, 0.5) is 28.4 Å². The number of methoxy groups -OCH3 is 2. The van der Waals surface area contributed by atoms with E-state index in [2.05, 4.69) is 15.5 Å². The summed E-state index contributed by atoms with van der Waals surface area (Å²) < 4.78 is 9.39. The Morgan fingerprint density at radius 2 is 1.56 bits per heavy atom. The van der Waals surface area contributed by atoms with Gasteiger partial charge in [0.25, 0.3) is 5.69 Å². The predicted molar refractivity (Wildman–Crippen MR) is 123 cm³/mol. The smallest absolute Gasteiger partial charge is 0.307 e. The number of hydrogen-bond acceptors (Lipinski definition) is 10. The SMILES string of the molecule is COC(=O)CCN(CCC(=O)OC)c1ccc(/N=N/c2ccc([N+](=O)[O-])cc2)c(NC(C)=O)c1. The standard InChI is InChI=1S/C22H25N5O7/c1-15(28)23-20-14-18(26(12-10-21(29)33-2)13-11-22(30)34-3)8-9-19(20)25-24-16-4-6-17(7-5-16)27(31)32/h4-9,14H,10-13H2,1-3H3,(H,23,28)/b25-24+. The lowest BCUT2D eigenvalue weighted by atomic mass is 10.2. The molecule has 2 aromatic rings. The Hall–Kier alpha value is -4.35. The molecule has 1 amide bonds. The number of rotatable bonds is 11. The molecule has 1 N–H and O–H groups in total. The van der Waals surface area contributed by atoms with E-state index in [1.54, 1.807) is 23.1 Å². The van der Waals surface area contributed by atoms with Gasteiger partial charge in [-0.2, -0.15) is 5.11 Å². The van der Waals surface area contributed by atoms with Crippen molar-refractivity contribution in [2.75, 3.05) is 37.5 Å². The van der Waals surface area contributed by atoms with Crippen molar-refractivity contribution in [3.05, 3.63) is 52.6 Å². The van der Waals surface area contributed by atoms with Crippen molar-refractivity contribution in [2.45, 2.75) is 19.8 Å². The Morgan fingerprint density at radius 1 is 0.971 bits per heavy atom. The van der Waals surface area contributed by atoms with Crippen LogP contribution < -0.4 is 10.2 Å². The average molecular weight is 471 g/mol. The van der Waals surface area contributed by atoms with Crippen LogP contribution in [0, 0.1) is 10.1 Å². The van der Waals surface area contributed by atoms with Gasteiger partial charge in [0.2, 0.25) is 5.91 Å². The van der Waals surface area contributed by atoms with Gasteiger partial charge in [0.05, 0.1) is 43.4 Å². The zero-order chi connectivity index (χ0) is 25.1. The van der Waals surface area contributed by atoms with Gasteiger partial charge >= 0.3 is 11.9 Å². The first kappa shape index (κ1) is 25.9. The van der Waals surface area contributed by atoms with Crippen molar-refractivity contribution in [1.82, 2.24) is 0 Å². The summed E-state index contributed by atoms with van der Waals surface area (Å²) in [5.74, 6) is -1.14. The normalized spacial score (nSPS) is 10.6. The van der Waals surface area contributed by atoms with Gasteiger partial charge in [-0.3, -0.25) is 24.5 Å². The number of benzene rings is 2. The molecule has 0 aliphatic heterocycles. The van der Waals surface area contributed by atoms with E-state index in [1.165, 1.54) is 45.4 Å². The molecule has 0 saturated heterocycles. The minimum atomic E-state index is -0.513. The highest BCUT2D eigenvalue weighted by Gasteiger charge is 2.15. The first-order chi connectivity index (χ1) is 16.2. The van der Waals surface area contributed by atoms with Crippen molar-refractivity contribution >= 4 is 46.3 Å². The number of hydrogen-bond donors (Lipinski definition) is 1. The molecule has 0 aliphatic rings. The zero-order valence-corrected chi connectivity index (χ0v) is 19.0. The monoisotopic (exact) mass is 471 g/mol. The number of anilines is 2. The fraction of sp³-hybridized carbons (Fsp3) is 0.318. The minimum absolute atomic E-state index is 0.0683. The molecular weight excluding hydrogens is 446 g/mol. The van der Waals surface area contributed by atoms with Crippen molar-refractivity contribution in [1.29, 1.82) is 0 Å². The lowest BCUT2D eigenvalue weighted by Crippen LogP contribution is -2.29. The van der Waals surface area contributed by atoms with E-state index in [9.17, 15) is 24.5 Å². The van der Waals surface area contributed by atoms with E-state index in [4.69, 9.17) is 9.47 Å². The number of carbonyl (C=O) groups excluding carboxylic acids is 3. The van der Waals surface area contributed by atoms with E-state index in [0.717, 1.165) is 0 Å². The van der Waals surface area contributed by atoms with Crippen LogP contribution >= 0.6 is 0 Å². The van der Waals surface area contributed by atoms with E-state index in [-0.39, 0.29) is 37.5 Å². The maximum absolute atomic E-state index is 11.7. The zero-order valence-electron chi connectivity index (χ0n) is 19.0. The summed E-state index contributed by atoms with van der Waals surface area (Å²) in [6.07, 6.45) is 0.184. The highest BCUT2D eigenvalue weighted by Crippen LogP contribution is 2.32. The molecule has 180 valence electrons. The molecule has 2 aromatic carbocycles. The third kappa shape index (κ3) is 7.97. The van der Waals surface area contributed by atoms with E-state index < -0.39 is 16.9 Å². The van der Waals surface area contributed by atoms with Crippen molar-refractivity contribution in [3.8, 4) is 0 Å². The minimum Gasteiger partial charge on any atom is -0.469 e. The second-order valence-electron chi connectivity index (χ2n) is 7.00. The second-order valence-corrected chi connectivity index (χ2v) is 7.00. The van der Waals surface area contributed by atoms with E-state index in [1.807, 2.05) is 0 Å². The molecule has 34 heavy (non-hydrogen) atoms. The average Bonchev–Trinajstić information content (AvgIpc) is 2.82. The summed E-state index contributed by atoms with van der Waals surface area (Å²) in [5, 5.41) is 21.7. The number of carbonyl (C=O) groups is 3. The molecule has 0 bridgehead atoms. The van der Waals surface area contributed by atoms with Crippen LogP contribution in [0.15, 0.2) is 52.7 Å². The fourth-order valence-corrected chi connectivity index (χ4v) is 2.88. The Labute approximate surface area is 195 Å². The van der Waals surface area contributed by atoms with Crippen molar-refractivity contribution in [3.63, 3.8) is 0 Å². The highest BCUT2D eigenvalue weighted by molar-refractivity contribution is 5.93. The van der Waals surface area contributed by atoms with Crippen LogP contribution in [0.3, 0.4) is 0 Å². The summed E-state index contributed by atoms with van der Waals surface area (Å²) in [7, 11) is 2.58. The fourth-order valence-electron chi connectivity index (χ4n) is 2.88. The maximum atomic E-state index is 11.7. The topological polar surface area (TPSA) is 153 Å². The molecule has 0 radical (unpaired) electrons. The third-order valence-corrected chi connectivity index (χ3v) is 4.62. The third-order valence-electron chi connectivity index (χ3n) is 4.62. The molecule has 0 unspecified atom stereocenters. The first-order valence-electron chi connectivity index (χ1n) is 10.2. The van der Waals surface area contributed by atoms with Crippen molar-refractivity contribution in [2.24, 2.45) is 10.2 Å². The summed E-state index contributed by atoms with van der Waals surface area (Å²) in [4.78, 5) is 47.1. The molecule has 0 saturated carbocycles. The Bertz CT molecular complexity index is 1050.